The summed E-state index contributed by atoms with van der Waals surface area (Å²) in [5.74, 6) is 5.38. The van der Waals surface area contributed by atoms with Crippen molar-refractivity contribution >= 4 is 0 Å². The molecular weight excluding hydrogens is 344 g/mol. The second kappa shape index (κ2) is 7.85. The molecule has 2 bridgehead atoms. The van der Waals surface area contributed by atoms with Gasteiger partial charge in [-0.05, 0) is 59.0 Å². The first-order valence-corrected chi connectivity index (χ1v) is 10.7. The summed E-state index contributed by atoms with van der Waals surface area (Å²) in [5, 5.41) is 0. The second-order valence-electron chi connectivity index (χ2n) is 8.86. The Morgan fingerprint density at radius 2 is 1.21 bits per heavy atom. The lowest BCUT2D eigenvalue weighted by molar-refractivity contribution is -0.00227. The highest BCUT2D eigenvalue weighted by molar-refractivity contribution is 5.21. The molecule has 3 aliphatic rings. The average Bonchev–Trinajstić information content (AvgIpc) is 3.22. The zero-order valence-corrected chi connectivity index (χ0v) is 16.5. The fourth-order valence-electron chi connectivity index (χ4n) is 6.29. The van der Waals surface area contributed by atoms with Crippen LogP contribution in [0.3, 0.4) is 0 Å². The van der Waals surface area contributed by atoms with Crippen molar-refractivity contribution in [1.29, 1.82) is 0 Å². The number of fused-ring (bicyclic) bond motifs is 5. The Morgan fingerprint density at radius 3 is 1.64 bits per heavy atom. The van der Waals surface area contributed by atoms with Crippen LogP contribution in [0.15, 0.2) is 73.3 Å². The predicted molar refractivity (Wildman–Crippen MR) is 111 cm³/mol. The van der Waals surface area contributed by atoms with E-state index in [1.165, 1.54) is 17.5 Å². The van der Waals surface area contributed by atoms with Crippen molar-refractivity contribution in [3.8, 4) is 0 Å². The number of rotatable bonds is 9. The molecule has 146 valence electrons. The van der Waals surface area contributed by atoms with Gasteiger partial charge in [0.05, 0.1) is 26.4 Å². The van der Waals surface area contributed by atoms with E-state index in [0.717, 1.165) is 42.8 Å². The highest BCUT2D eigenvalue weighted by Gasteiger charge is 2.69. The molecule has 3 fully saturated rings. The van der Waals surface area contributed by atoms with Crippen LogP contribution in [0.2, 0.25) is 0 Å². The molecule has 28 heavy (non-hydrogen) atoms. The molecule has 0 spiro atoms. The molecule has 0 saturated heterocycles. The van der Waals surface area contributed by atoms with Gasteiger partial charge < -0.3 is 9.47 Å². The minimum Gasteiger partial charge on any atom is -0.376 e. The van der Waals surface area contributed by atoms with E-state index in [1.807, 2.05) is 0 Å². The summed E-state index contributed by atoms with van der Waals surface area (Å²) in [6, 6.07) is 21.0. The lowest BCUT2D eigenvalue weighted by Crippen LogP contribution is -2.31. The largest absolute Gasteiger partial charge is 0.376 e. The van der Waals surface area contributed by atoms with E-state index in [4.69, 9.17) is 9.47 Å². The van der Waals surface area contributed by atoms with Crippen molar-refractivity contribution in [3.63, 3.8) is 0 Å². The SMILES string of the molecule is C=CC1[C@@H]2[C@@H]3C[C@@H]([C@H](COCc4ccccc4)[C@@H]3COCc3ccccc3)[C@H]12. The quantitative estimate of drug-likeness (QED) is 0.551. The van der Waals surface area contributed by atoms with Crippen LogP contribution in [0.1, 0.15) is 17.5 Å². The summed E-state index contributed by atoms with van der Waals surface area (Å²) >= 11 is 0. The molecule has 0 radical (unpaired) electrons. The molecule has 2 aromatic carbocycles. The molecule has 0 amide bonds. The van der Waals surface area contributed by atoms with Crippen molar-refractivity contribution in [3.05, 3.63) is 84.4 Å². The molecule has 2 heteroatoms. The van der Waals surface area contributed by atoms with Crippen molar-refractivity contribution in [1.82, 2.24) is 0 Å². The number of hydrogen-bond acceptors (Lipinski definition) is 2. The monoisotopic (exact) mass is 374 g/mol. The highest BCUT2D eigenvalue weighted by Crippen LogP contribution is 2.73. The molecule has 0 heterocycles. The van der Waals surface area contributed by atoms with Gasteiger partial charge in [-0.2, -0.15) is 0 Å². The van der Waals surface area contributed by atoms with Crippen LogP contribution in [-0.2, 0) is 22.7 Å². The third-order valence-corrected chi connectivity index (χ3v) is 7.49. The molecular formula is C26H30O2. The Hall–Kier alpha value is -1.90. The van der Waals surface area contributed by atoms with E-state index < -0.39 is 0 Å². The minimum absolute atomic E-state index is 0.635. The Labute approximate surface area is 168 Å². The summed E-state index contributed by atoms with van der Waals surface area (Å²) in [6.45, 7) is 7.25. The minimum atomic E-state index is 0.635. The summed E-state index contributed by atoms with van der Waals surface area (Å²) in [6.07, 6.45) is 3.59. The topological polar surface area (TPSA) is 18.5 Å². The van der Waals surface area contributed by atoms with E-state index in [-0.39, 0.29) is 0 Å². The fraction of sp³-hybridized carbons (Fsp3) is 0.462. The van der Waals surface area contributed by atoms with E-state index in [9.17, 15) is 0 Å². The maximum Gasteiger partial charge on any atom is 0.0717 e. The van der Waals surface area contributed by atoms with Gasteiger partial charge in [-0.25, -0.2) is 0 Å². The Kier molecular flexibility index (Phi) is 5.09. The van der Waals surface area contributed by atoms with Crippen molar-refractivity contribution < 1.29 is 9.47 Å². The first-order valence-electron chi connectivity index (χ1n) is 10.7. The van der Waals surface area contributed by atoms with Gasteiger partial charge in [-0.3, -0.25) is 0 Å². The average molecular weight is 375 g/mol. The zero-order chi connectivity index (χ0) is 18.9. The Morgan fingerprint density at radius 1 is 0.750 bits per heavy atom. The van der Waals surface area contributed by atoms with Gasteiger partial charge >= 0.3 is 0 Å². The molecule has 0 N–H and O–H groups in total. The first-order chi connectivity index (χ1) is 13.9. The summed E-state index contributed by atoms with van der Waals surface area (Å²) in [5.41, 5.74) is 2.52. The van der Waals surface area contributed by atoms with Gasteiger partial charge in [0, 0.05) is 0 Å². The number of allylic oxidation sites excluding steroid dienone is 1. The maximum absolute atomic E-state index is 6.21. The highest BCUT2D eigenvalue weighted by atomic mass is 16.5. The maximum atomic E-state index is 6.21. The normalized spacial score (nSPS) is 34.9. The molecule has 2 aromatic rings. The summed E-state index contributed by atoms with van der Waals surface area (Å²) in [7, 11) is 0. The van der Waals surface area contributed by atoms with Crippen LogP contribution in [-0.4, -0.2) is 13.2 Å². The lowest BCUT2D eigenvalue weighted by Gasteiger charge is -2.30. The molecule has 0 aromatic heterocycles. The molecule has 3 saturated carbocycles. The van der Waals surface area contributed by atoms with E-state index in [1.54, 1.807) is 0 Å². The third-order valence-electron chi connectivity index (χ3n) is 7.49. The van der Waals surface area contributed by atoms with Crippen molar-refractivity contribution in [2.45, 2.75) is 19.6 Å². The van der Waals surface area contributed by atoms with Crippen LogP contribution in [0.25, 0.3) is 0 Å². The van der Waals surface area contributed by atoms with E-state index in [0.29, 0.717) is 25.0 Å². The van der Waals surface area contributed by atoms with Gasteiger partial charge in [-0.15, -0.1) is 6.58 Å². The number of hydrogen-bond donors (Lipinski definition) is 0. The predicted octanol–water partition coefficient (Wildman–Crippen LogP) is 5.35. The first kappa shape index (κ1) is 18.1. The third kappa shape index (κ3) is 3.33. The van der Waals surface area contributed by atoms with Crippen LogP contribution < -0.4 is 0 Å². The molecule has 2 nitrogen and oxygen atoms in total. The fourth-order valence-corrected chi connectivity index (χ4v) is 6.29. The molecule has 3 aliphatic carbocycles. The summed E-state index contributed by atoms with van der Waals surface area (Å²) < 4.78 is 12.4. The smallest absolute Gasteiger partial charge is 0.0717 e. The Balaban J connectivity index is 1.21. The molecule has 5 rings (SSSR count). The molecule has 0 aliphatic heterocycles. The standard InChI is InChI=1S/C26H30O2/c1-2-20-25-21-13-22(26(20)25)24(17-28-15-19-11-7-4-8-12-19)23(21)16-27-14-18-9-5-3-6-10-18/h2-12,20-26H,1,13-17H2/t20?,21-,22+,23-,24+,25-,26+. The van der Waals surface area contributed by atoms with Crippen molar-refractivity contribution in [2.24, 2.45) is 41.4 Å². The van der Waals surface area contributed by atoms with Crippen molar-refractivity contribution in [2.75, 3.05) is 13.2 Å². The lowest BCUT2D eigenvalue weighted by atomic mass is 9.80. The number of benzene rings is 2. The van der Waals surface area contributed by atoms with Gasteiger partial charge in [0.1, 0.15) is 0 Å². The van der Waals surface area contributed by atoms with Crippen LogP contribution in [0.4, 0.5) is 0 Å². The van der Waals surface area contributed by atoms with Crippen LogP contribution in [0.5, 0.6) is 0 Å². The van der Waals surface area contributed by atoms with Gasteiger partial charge in [0.15, 0.2) is 0 Å². The van der Waals surface area contributed by atoms with E-state index >= 15 is 0 Å². The molecule has 7 atom stereocenters. The zero-order valence-electron chi connectivity index (χ0n) is 16.5. The molecule has 1 unspecified atom stereocenters. The summed E-state index contributed by atoms with van der Waals surface area (Å²) in [4.78, 5) is 0. The van der Waals surface area contributed by atoms with Gasteiger partial charge in [0.2, 0.25) is 0 Å². The van der Waals surface area contributed by atoms with Gasteiger partial charge in [-0.1, -0.05) is 66.7 Å². The van der Waals surface area contributed by atoms with Crippen LogP contribution >= 0.6 is 0 Å². The van der Waals surface area contributed by atoms with E-state index in [2.05, 4.69) is 73.3 Å². The second-order valence-corrected chi connectivity index (χ2v) is 8.86. The number of ether oxygens (including phenoxy) is 2. The Bertz CT molecular complexity index is 723. The van der Waals surface area contributed by atoms with Crippen LogP contribution in [0, 0.1) is 41.4 Å². The van der Waals surface area contributed by atoms with Gasteiger partial charge in [0.25, 0.3) is 0 Å².